The Kier molecular flexibility index (Phi) is 3.90. The summed E-state index contributed by atoms with van der Waals surface area (Å²) in [6.07, 6.45) is 4.88. The predicted molar refractivity (Wildman–Crippen MR) is 73.2 cm³/mol. The Morgan fingerprint density at radius 2 is 1.94 bits per heavy atom. The SMILES string of the molecule is Cc1c(NC2CCC(C)CC2)cccc1C(=O)O. The summed E-state index contributed by atoms with van der Waals surface area (Å²) in [4.78, 5) is 11.1. The molecule has 3 nitrogen and oxygen atoms in total. The van der Waals surface area contributed by atoms with E-state index in [4.69, 9.17) is 5.11 Å². The third kappa shape index (κ3) is 2.84. The van der Waals surface area contributed by atoms with Crippen LogP contribution in [0, 0.1) is 12.8 Å². The van der Waals surface area contributed by atoms with E-state index in [-0.39, 0.29) is 0 Å². The fourth-order valence-electron chi connectivity index (χ4n) is 2.65. The summed E-state index contributed by atoms with van der Waals surface area (Å²) < 4.78 is 0. The van der Waals surface area contributed by atoms with Crippen LogP contribution in [0.3, 0.4) is 0 Å². The van der Waals surface area contributed by atoms with Crippen molar-refractivity contribution in [1.82, 2.24) is 0 Å². The number of aromatic carboxylic acids is 1. The first-order valence-electron chi connectivity index (χ1n) is 6.67. The summed E-state index contributed by atoms with van der Waals surface area (Å²) >= 11 is 0. The molecular formula is C15H21NO2. The molecule has 1 saturated carbocycles. The summed E-state index contributed by atoms with van der Waals surface area (Å²) in [6.45, 7) is 4.17. The zero-order valence-electron chi connectivity index (χ0n) is 11.1. The Bertz CT molecular complexity index is 434. The van der Waals surface area contributed by atoms with Crippen LogP contribution < -0.4 is 5.32 Å². The van der Waals surface area contributed by atoms with Gasteiger partial charge in [0.15, 0.2) is 0 Å². The summed E-state index contributed by atoms with van der Waals surface area (Å²) in [5.74, 6) is -0.0251. The highest BCUT2D eigenvalue weighted by Gasteiger charge is 2.19. The molecule has 0 aromatic heterocycles. The third-order valence-corrected chi connectivity index (χ3v) is 3.94. The number of hydrogen-bond donors (Lipinski definition) is 2. The number of carbonyl (C=O) groups is 1. The van der Waals surface area contributed by atoms with Gasteiger partial charge in [-0.3, -0.25) is 0 Å². The third-order valence-electron chi connectivity index (χ3n) is 3.94. The van der Waals surface area contributed by atoms with E-state index < -0.39 is 5.97 Å². The lowest BCUT2D eigenvalue weighted by molar-refractivity contribution is 0.0696. The van der Waals surface area contributed by atoms with E-state index in [0.717, 1.165) is 17.2 Å². The van der Waals surface area contributed by atoms with Gasteiger partial charge in [-0.1, -0.05) is 13.0 Å². The van der Waals surface area contributed by atoms with Crippen LogP contribution in [0.4, 0.5) is 5.69 Å². The molecule has 0 unspecified atom stereocenters. The molecule has 2 N–H and O–H groups in total. The lowest BCUT2D eigenvalue weighted by atomic mass is 9.87. The summed E-state index contributed by atoms with van der Waals surface area (Å²) in [6, 6.07) is 5.93. The molecule has 0 spiro atoms. The number of nitrogens with one attached hydrogen (secondary N) is 1. The van der Waals surface area contributed by atoms with Gasteiger partial charge in [0.25, 0.3) is 0 Å². The van der Waals surface area contributed by atoms with Gasteiger partial charge in [-0.15, -0.1) is 0 Å². The average molecular weight is 247 g/mol. The number of rotatable bonds is 3. The van der Waals surface area contributed by atoms with Crippen LogP contribution in [0.1, 0.15) is 48.5 Å². The molecule has 0 bridgehead atoms. The lowest BCUT2D eigenvalue weighted by Gasteiger charge is -2.28. The number of benzene rings is 1. The van der Waals surface area contributed by atoms with Gasteiger partial charge >= 0.3 is 5.97 Å². The fraction of sp³-hybridized carbons (Fsp3) is 0.533. The highest BCUT2D eigenvalue weighted by atomic mass is 16.4. The van der Waals surface area contributed by atoms with E-state index in [1.165, 1.54) is 25.7 Å². The standard InChI is InChI=1S/C15H21NO2/c1-10-6-8-12(9-7-10)16-14-5-3-4-13(11(14)2)15(17)18/h3-5,10,12,16H,6-9H2,1-2H3,(H,17,18). The number of carboxylic acids is 1. The first-order valence-corrected chi connectivity index (χ1v) is 6.67. The minimum atomic E-state index is -0.853. The van der Waals surface area contributed by atoms with Crippen LogP contribution in [0.15, 0.2) is 18.2 Å². The molecule has 0 radical (unpaired) electrons. The molecule has 0 saturated heterocycles. The van der Waals surface area contributed by atoms with Gasteiger partial charge in [0.2, 0.25) is 0 Å². The molecule has 1 aliphatic carbocycles. The monoisotopic (exact) mass is 247 g/mol. The number of carboxylic acid groups (broad SMARTS) is 1. The van der Waals surface area contributed by atoms with Crippen LogP contribution >= 0.6 is 0 Å². The highest BCUT2D eigenvalue weighted by molar-refractivity contribution is 5.91. The normalized spacial score (nSPS) is 23.7. The van der Waals surface area contributed by atoms with Crippen LogP contribution in [0.25, 0.3) is 0 Å². The van der Waals surface area contributed by atoms with Crippen molar-refractivity contribution in [3.63, 3.8) is 0 Å². The van der Waals surface area contributed by atoms with Crippen molar-refractivity contribution in [1.29, 1.82) is 0 Å². The van der Waals surface area contributed by atoms with Crippen LogP contribution in [-0.4, -0.2) is 17.1 Å². The highest BCUT2D eigenvalue weighted by Crippen LogP contribution is 2.27. The second-order valence-electron chi connectivity index (χ2n) is 5.38. The molecule has 1 aromatic carbocycles. The molecular weight excluding hydrogens is 226 g/mol. The zero-order chi connectivity index (χ0) is 13.1. The lowest BCUT2D eigenvalue weighted by Crippen LogP contribution is -2.25. The molecule has 1 fully saturated rings. The largest absolute Gasteiger partial charge is 0.478 e. The quantitative estimate of drug-likeness (QED) is 0.856. The Morgan fingerprint density at radius 3 is 2.56 bits per heavy atom. The molecule has 0 aliphatic heterocycles. The van der Waals surface area contributed by atoms with E-state index in [1.807, 2.05) is 19.1 Å². The van der Waals surface area contributed by atoms with Crippen LogP contribution in [0.2, 0.25) is 0 Å². The van der Waals surface area contributed by atoms with Gasteiger partial charge in [0.1, 0.15) is 0 Å². The minimum Gasteiger partial charge on any atom is -0.478 e. The van der Waals surface area contributed by atoms with Crippen LogP contribution in [-0.2, 0) is 0 Å². The average Bonchev–Trinajstić information content (AvgIpc) is 2.34. The van der Waals surface area contributed by atoms with Gasteiger partial charge in [-0.2, -0.15) is 0 Å². The molecule has 0 amide bonds. The topological polar surface area (TPSA) is 49.3 Å². The predicted octanol–water partition coefficient (Wildman–Crippen LogP) is 3.68. The number of hydrogen-bond acceptors (Lipinski definition) is 2. The van der Waals surface area contributed by atoms with E-state index in [0.29, 0.717) is 11.6 Å². The van der Waals surface area contributed by atoms with E-state index >= 15 is 0 Å². The molecule has 2 rings (SSSR count). The van der Waals surface area contributed by atoms with Crippen molar-refractivity contribution in [2.75, 3.05) is 5.32 Å². The van der Waals surface area contributed by atoms with Crippen molar-refractivity contribution < 1.29 is 9.90 Å². The summed E-state index contributed by atoms with van der Waals surface area (Å²) in [5.41, 5.74) is 2.20. The molecule has 1 aliphatic rings. The van der Waals surface area contributed by atoms with Crippen molar-refractivity contribution in [3.8, 4) is 0 Å². The molecule has 1 aromatic rings. The summed E-state index contributed by atoms with van der Waals surface area (Å²) in [5, 5.41) is 12.6. The van der Waals surface area contributed by atoms with Crippen molar-refractivity contribution in [2.24, 2.45) is 5.92 Å². The van der Waals surface area contributed by atoms with Gasteiger partial charge < -0.3 is 10.4 Å². The van der Waals surface area contributed by atoms with Crippen molar-refractivity contribution in [3.05, 3.63) is 29.3 Å². The maximum absolute atomic E-state index is 11.1. The van der Waals surface area contributed by atoms with Gasteiger partial charge in [0.05, 0.1) is 5.56 Å². The molecule has 98 valence electrons. The Morgan fingerprint density at radius 1 is 1.28 bits per heavy atom. The van der Waals surface area contributed by atoms with Crippen molar-refractivity contribution in [2.45, 2.75) is 45.6 Å². The molecule has 0 heterocycles. The fourth-order valence-corrected chi connectivity index (χ4v) is 2.65. The smallest absolute Gasteiger partial charge is 0.336 e. The molecule has 0 atom stereocenters. The first kappa shape index (κ1) is 12.9. The van der Waals surface area contributed by atoms with Gasteiger partial charge in [-0.25, -0.2) is 4.79 Å². The van der Waals surface area contributed by atoms with Gasteiger partial charge in [-0.05, 0) is 56.2 Å². The van der Waals surface area contributed by atoms with Crippen LogP contribution in [0.5, 0.6) is 0 Å². The maximum atomic E-state index is 11.1. The van der Waals surface area contributed by atoms with E-state index in [9.17, 15) is 4.79 Å². The van der Waals surface area contributed by atoms with E-state index in [2.05, 4.69) is 12.2 Å². The van der Waals surface area contributed by atoms with Crippen molar-refractivity contribution >= 4 is 11.7 Å². The minimum absolute atomic E-state index is 0.393. The zero-order valence-corrected chi connectivity index (χ0v) is 11.1. The van der Waals surface area contributed by atoms with E-state index in [1.54, 1.807) is 6.07 Å². The second kappa shape index (κ2) is 5.42. The Hall–Kier alpha value is -1.51. The Balaban J connectivity index is 2.10. The molecule has 18 heavy (non-hydrogen) atoms. The number of anilines is 1. The van der Waals surface area contributed by atoms with Gasteiger partial charge in [0, 0.05) is 11.7 Å². The second-order valence-corrected chi connectivity index (χ2v) is 5.38. The summed E-state index contributed by atoms with van der Waals surface area (Å²) in [7, 11) is 0. The first-order chi connectivity index (χ1) is 8.58. The molecule has 3 heteroatoms. The maximum Gasteiger partial charge on any atom is 0.336 e. The Labute approximate surface area is 108 Å².